The van der Waals surface area contributed by atoms with Crippen molar-refractivity contribution in [2.45, 2.75) is 84.7 Å². The van der Waals surface area contributed by atoms with Crippen LogP contribution in [0.2, 0.25) is 23.2 Å². The number of aromatic nitrogens is 2. The van der Waals surface area contributed by atoms with Gasteiger partial charge >= 0.3 is 0 Å². The molecule has 0 amide bonds. The third-order valence-corrected chi connectivity index (χ3v) is 13.3. The molecule has 1 rings (SSSR count). The molecule has 0 fully saturated rings. The zero-order valence-electron chi connectivity index (χ0n) is 16.3. The van der Waals surface area contributed by atoms with E-state index in [9.17, 15) is 0 Å². The molecular weight excluding hydrogens is 304 g/mol. The van der Waals surface area contributed by atoms with Gasteiger partial charge < -0.3 is 4.43 Å². The second-order valence-electron chi connectivity index (χ2n) is 9.18. The topological polar surface area (TPSA) is 37.9 Å². The zero-order valence-corrected chi connectivity index (χ0v) is 18.7. The number of aromatic amines is 1. The molecule has 0 aromatic carbocycles. The van der Waals surface area contributed by atoms with Crippen LogP contribution < -0.4 is 5.32 Å². The van der Waals surface area contributed by atoms with E-state index in [0.717, 1.165) is 5.69 Å². The summed E-state index contributed by atoms with van der Waals surface area (Å²) in [5, 5.41) is 9.75. The zero-order chi connectivity index (χ0) is 17.3. The van der Waals surface area contributed by atoms with Crippen LogP contribution in [0.3, 0.4) is 0 Å². The first-order valence-electron chi connectivity index (χ1n) is 8.46. The molecule has 0 saturated heterocycles. The maximum absolute atomic E-state index is 6.25. The van der Waals surface area contributed by atoms with Gasteiger partial charge in [-0.05, 0) is 29.0 Å². The molecule has 1 aromatic heterocycles. The average molecular weight is 341 g/mol. The molecule has 0 radical (unpaired) electrons. The maximum atomic E-state index is 6.25. The lowest BCUT2D eigenvalue weighted by atomic mass is 9.99. The molecule has 0 aliphatic rings. The molecule has 1 atom stereocenters. The fourth-order valence-corrected chi connectivity index (χ4v) is 4.66. The number of nitrogens with zero attached hydrogens (tertiary/aromatic N) is 1. The molecule has 0 bridgehead atoms. The Bertz CT molecular complexity index is 487. The monoisotopic (exact) mass is 340 g/mol. The first-order valence-corrected chi connectivity index (χ1v) is 12.7. The van der Waals surface area contributed by atoms with Gasteiger partial charge in [-0.15, -0.1) is 0 Å². The molecule has 0 spiro atoms. The van der Waals surface area contributed by atoms with Crippen LogP contribution in [0, 0.1) is 5.92 Å². The summed E-state index contributed by atoms with van der Waals surface area (Å²) in [7, 11) is -2.16. The molecule has 128 valence electrons. The number of hydrogen-bond donors (Lipinski definition) is 1. The molecule has 0 aliphatic heterocycles. The number of hydrogen-bond acceptors (Lipinski definition) is 2. The lowest BCUT2D eigenvalue weighted by Crippen LogP contribution is -2.50. The van der Waals surface area contributed by atoms with E-state index >= 15 is 0 Å². The second kappa shape index (κ2) is 6.61. The Hall–Kier alpha value is -0.396. The van der Waals surface area contributed by atoms with Gasteiger partial charge in [0.15, 0.2) is 9.76 Å². The van der Waals surface area contributed by atoms with Crippen molar-refractivity contribution in [2.24, 2.45) is 5.92 Å². The third-order valence-electron chi connectivity index (χ3n) is 5.82. The van der Waals surface area contributed by atoms with Crippen molar-refractivity contribution in [3.05, 3.63) is 11.8 Å². The second-order valence-corrected chi connectivity index (χ2v) is 16.9. The van der Waals surface area contributed by atoms with Crippen LogP contribution in [-0.4, -0.2) is 28.0 Å². The summed E-state index contributed by atoms with van der Waals surface area (Å²) in [6.45, 7) is 23.1. The van der Waals surface area contributed by atoms with Gasteiger partial charge in [-0.1, -0.05) is 61.6 Å². The minimum Gasteiger partial charge on any atom is -0.415 e. The Kier molecular flexibility index (Phi) is 5.91. The SMILES string of the molecule is CC(O[SiH2]C(C)(C)C(C)C)c1cc([Si](C)(C)C(C)(C)C)n[nH]1. The maximum Gasteiger partial charge on any atom is 0.168 e. The average Bonchev–Trinajstić information content (AvgIpc) is 2.84. The van der Waals surface area contributed by atoms with E-state index in [0.29, 0.717) is 16.0 Å². The third kappa shape index (κ3) is 4.33. The summed E-state index contributed by atoms with van der Waals surface area (Å²) in [4.78, 5) is 0. The standard InChI is InChI=1S/C17H36N2OSi2/c1-12(2)17(7,8)21-20-13(3)14-11-15(19-18-14)22(9,10)16(4,5)6/h11-13H,21H2,1-10H3,(H,18,19). The highest BCUT2D eigenvalue weighted by molar-refractivity contribution is 6.91. The smallest absolute Gasteiger partial charge is 0.168 e. The lowest BCUT2D eigenvalue weighted by Gasteiger charge is -2.35. The minimum absolute atomic E-state index is 0.121. The molecular formula is C17H36N2OSi2. The fourth-order valence-electron chi connectivity index (χ4n) is 1.85. The predicted octanol–water partition coefficient (Wildman–Crippen LogP) is 4.14. The first kappa shape index (κ1) is 19.7. The van der Waals surface area contributed by atoms with Crippen LogP contribution in [-0.2, 0) is 4.43 Å². The summed E-state index contributed by atoms with van der Waals surface area (Å²) in [5.74, 6) is 0.663. The van der Waals surface area contributed by atoms with Crippen molar-refractivity contribution in [1.29, 1.82) is 0 Å². The highest BCUT2D eigenvalue weighted by Gasteiger charge is 2.39. The normalized spacial score (nSPS) is 16.0. The highest BCUT2D eigenvalue weighted by Crippen LogP contribution is 2.36. The van der Waals surface area contributed by atoms with Gasteiger partial charge in [-0.2, -0.15) is 5.10 Å². The van der Waals surface area contributed by atoms with Crippen molar-refractivity contribution >= 4 is 23.2 Å². The molecule has 0 saturated carbocycles. The highest BCUT2D eigenvalue weighted by atomic mass is 28.3. The van der Waals surface area contributed by atoms with E-state index in [1.54, 1.807) is 0 Å². The van der Waals surface area contributed by atoms with Gasteiger partial charge in [-0.3, -0.25) is 5.10 Å². The van der Waals surface area contributed by atoms with E-state index in [4.69, 9.17) is 4.43 Å². The van der Waals surface area contributed by atoms with E-state index in [2.05, 4.69) is 84.7 Å². The van der Waals surface area contributed by atoms with Gasteiger partial charge in [0, 0.05) is 5.32 Å². The number of nitrogens with one attached hydrogen (secondary N) is 1. The minimum atomic E-state index is -1.57. The van der Waals surface area contributed by atoms with Crippen molar-refractivity contribution in [3.8, 4) is 0 Å². The predicted molar refractivity (Wildman–Crippen MR) is 102 cm³/mol. The molecule has 3 nitrogen and oxygen atoms in total. The fraction of sp³-hybridized carbons (Fsp3) is 0.824. The van der Waals surface area contributed by atoms with Gasteiger partial charge in [0.2, 0.25) is 0 Å². The van der Waals surface area contributed by atoms with Crippen molar-refractivity contribution in [3.63, 3.8) is 0 Å². The molecule has 1 unspecified atom stereocenters. The van der Waals surface area contributed by atoms with Crippen LogP contribution in [0.5, 0.6) is 0 Å². The summed E-state index contributed by atoms with van der Waals surface area (Å²) in [6, 6.07) is 2.25. The van der Waals surface area contributed by atoms with Crippen LogP contribution in [0.1, 0.15) is 67.2 Å². The van der Waals surface area contributed by atoms with Gasteiger partial charge in [0.1, 0.15) is 8.07 Å². The Morgan fingerprint density at radius 3 is 2.14 bits per heavy atom. The summed E-state index contributed by atoms with van der Waals surface area (Å²) in [5.41, 5.74) is 1.13. The first-order chi connectivity index (χ1) is 9.79. The van der Waals surface area contributed by atoms with Crippen molar-refractivity contribution in [2.75, 3.05) is 0 Å². The van der Waals surface area contributed by atoms with Crippen LogP contribution in [0.25, 0.3) is 0 Å². The lowest BCUT2D eigenvalue weighted by molar-refractivity contribution is 0.215. The molecule has 1 heterocycles. The largest absolute Gasteiger partial charge is 0.415 e. The van der Waals surface area contributed by atoms with Gasteiger partial charge in [0.05, 0.1) is 11.8 Å². The van der Waals surface area contributed by atoms with E-state index in [1.807, 2.05) is 0 Å². The Labute approximate surface area is 140 Å². The Morgan fingerprint density at radius 1 is 1.14 bits per heavy atom. The molecule has 1 aromatic rings. The molecule has 0 aliphatic carbocycles. The number of H-pyrrole nitrogens is 1. The van der Waals surface area contributed by atoms with E-state index in [1.165, 1.54) is 5.32 Å². The van der Waals surface area contributed by atoms with Gasteiger partial charge in [0.25, 0.3) is 0 Å². The van der Waals surface area contributed by atoms with Crippen LogP contribution in [0.4, 0.5) is 0 Å². The Morgan fingerprint density at radius 2 is 1.68 bits per heavy atom. The molecule has 1 N–H and O–H groups in total. The molecule has 22 heavy (non-hydrogen) atoms. The van der Waals surface area contributed by atoms with E-state index in [-0.39, 0.29) is 6.10 Å². The summed E-state index contributed by atoms with van der Waals surface area (Å²) in [6.07, 6.45) is 0.121. The van der Waals surface area contributed by atoms with Crippen LogP contribution >= 0.6 is 0 Å². The van der Waals surface area contributed by atoms with Crippen molar-refractivity contribution < 1.29 is 4.43 Å². The Balaban J connectivity index is 2.80. The van der Waals surface area contributed by atoms with Gasteiger partial charge in [-0.25, -0.2) is 0 Å². The number of rotatable bonds is 6. The summed E-state index contributed by atoms with van der Waals surface area (Å²) < 4.78 is 6.25. The van der Waals surface area contributed by atoms with Crippen molar-refractivity contribution in [1.82, 2.24) is 10.2 Å². The quantitative estimate of drug-likeness (QED) is 0.790. The van der Waals surface area contributed by atoms with E-state index < -0.39 is 17.8 Å². The summed E-state index contributed by atoms with van der Waals surface area (Å²) >= 11 is 0. The van der Waals surface area contributed by atoms with Crippen LogP contribution in [0.15, 0.2) is 6.07 Å². The molecule has 5 heteroatoms.